The molecule has 0 spiro atoms. The largest absolute Gasteiger partial charge is 0.385 e. The van der Waals surface area contributed by atoms with Crippen molar-refractivity contribution >= 4 is 21.8 Å². The van der Waals surface area contributed by atoms with Crippen LogP contribution in [0.5, 0.6) is 0 Å². The van der Waals surface area contributed by atoms with Gasteiger partial charge in [-0.1, -0.05) is 15.9 Å². The van der Waals surface area contributed by atoms with Crippen LogP contribution in [-0.4, -0.2) is 19.6 Å². The smallest absolute Gasteiger partial charge is 0.220 e. The molecule has 0 atom stereocenters. The summed E-state index contributed by atoms with van der Waals surface area (Å²) >= 11 is 3.27. The maximum Gasteiger partial charge on any atom is 0.220 e. The average molecular weight is 318 g/mol. The number of ether oxygens (including phenoxy) is 1. The summed E-state index contributed by atoms with van der Waals surface area (Å²) in [4.78, 5) is 11.5. The molecule has 0 bridgehead atoms. The highest BCUT2D eigenvalue weighted by Crippen LogP contribution is 2.15. The molecule has 0 saturated heterocycles. The maximum absolute atomic E-state index is 13.4. The molecular weight excluding hydrogens is 301 g/mol. The van der Waals surface area contributed by atoms with Gasteiger partial charge in [-0.15, -0.1) is 0 Å². The fourth-order valence-electron chi connectivity index (χ4n) is 1.49. The predicted molar refractivity (Wildman–Crippen MR) is 71.7 cm³/mol. The van der Waals surface area contributed by atoms with Crippen LogP contribution < -0.4 is 5.32 Å². The summed E-state index contributed by atoms with van der Waals surface area (Å²) < 4.78 is 19.1. The van der Waals surface area contributed by atoms with Gasteiger partial charge in [0.2, 0.25) is 5.91 Å². The van der Waals surface area contributed by atoms with E-state index in [0.29, 0.717) is 18.6 Å². The van der Waals surface area contributed by atoms with E-state index in [1.54, 1.807) is 19.2 Å². The number of halogens is 2. The number of carbonyl (C=O) groups is 1. The second-order valence-corrected chi connectivity index (χ2v) is 4.88. The second-order valence-electron chi connectivity index (χ2n) is 3.96. The molecule has 1 N–H and O–H groups in total. The third-order valence-corrected chi connectivity index (χ3v) is 2.98. The molecule has 18 heavy (non-hydrogen) atoms. The lowest BCUT2D eigenvalue weighted by molar-refractivity contribution is -0.121. The number of carbonyl (C=O) groups excluding carboxylic acids is 1. The summed E-state index contributed by atoms with van der Waals surface area (Å²) in [5.74, 6) is -0.372. The monoisotopic (exact) mass is 317 g/mol. The molecule has 1 amide bonds. The number of hydrogen-bond donors (Lipinski definition) is 1. The second kappa shape index (κ2) is 8.21. The summed E-state index contributed by atoms with van der Waals surface area (Å²) in [6, 6.07) is 4.68. The Hall–Kier alpha value is -0.940. The number of amides is 1. The van der Waals surface area contributed by atoms with Gasteiger partial charge in [0.1, 0.15) is 5.82 Å². The molecule has 0 unspecified atom stereocenters. The highest BCUT2D eigenvalue weighted by atomic mass is 79.9. The topological polar surface area (TPSA) is 38.3 Å². The number of nitrogens with one attached hydrogen (secondary N) is 1. The first-order valence-corrected chi connectivity index (χ1v) is 6.62. The average Bonchev–Trinajstić information content (AvgIpc) is 2.36. The van der Waals surface area contributed by atoms with Crippen LogP contribution in [0.3, 0.4) is 0 Å². The number of methoxy groups -OCH3 is 1. The molecule has 0 aromatic heterocycles. The molecule has 0 heterocycles. The van der Waals surface area contributed by atoms with Gasteiger partial charge in [-0.2, -0.15) is 0 Å². The zero-order chi connectivity index (χ0) is 13.4. The Bertz CT molecular complexity index is 399. The SMILES string of the molecule is COCCCCC(=O)NCc1cc(Br)ccc1F. The first-order chi connectivity index (χ1) is 8.63. The highest BCUT2D eigenvalue weighted by Gasteiger charge is 2.05. The first-order valence-electron chi connectivity index (χ1n) is 5.83. The Labute approximate surface area is 115 Å². The van der Waals surface area contributed by atoms with E-state index in [2.05, 4.69) is 21.2 Å². The van der Waals surface area contributed by atoms with Gasteiger partial charge in [0, 0.05) is 36.7 Å². The van der Waals surface area contributed by atoms with Crippen molar-refractivity contribution < 1.29 is 13.9 Å². The van der Waals surface area contributed by atoms with E-state index in [9.17, 15) is 9.18 Å². The molecule has 100 valence electrons. The molecular formula is C13H17BrFNO2. The summed E-state index contributed by atoms with van der Waals surface area (Å²) in [7, 11) is 1.64. The van der Waals surface area contributed by atoms with E-state index < -0.39 is 0 Å². The van der Waals surface area contributed by atoms with Crippen LogP contribution in [0.15, 0.2) is 22.7 Å². The lowest BCUT2D eigenvalue weighted by Crippen LogP contribution is -2.23. The maximum atomic E-state index is 13.4. The predicted octanol–water partition coefficient (Wildman–Crippen LogP) is 3.02. The lowest BCUT2D eigenvalue weighted by atomic mass is 10.2. The minimum absolute atomic E-state index is 0.0644. The number of benzene rings is 1. The molecule has 5 heteroatoms. The lowest BCUT2D eigenvalue weighted by Gasteiger charge is -2.07. The molecule has 3 nitrogen and oxygen atoms in total. The van der Waals surface area contributed by atoms with Crippen LogP contribution in [0.2, 0.25) is 0 Å². The normalized spacial score (nSPS) is 10.4. The number of rotatable bonds is 7. The van der Waals surface area contributed by atoms with E-state index in [1.165, 1.54) is 6.07 Å². The Balaban J connectivity index is 2.31. The molecule has 1 aromatic rings. The van der Waals surface area contributed by atoms with Crippen LogP contribution in [-0.2, 0) is 16.1 Å². The zero-order valence-corrected chi connectivity index (χ0v) is 11.9. The Morgan fingerprint density at radius 1 is 1.44 bits per heavy atom. The molecule has 0 aliphatic carbocycles. The zero-order valence-electron chi connectivity index (χ0n) is 10.3. The van der Waals surface area contributed by atoms with Crippen molar-refractivity contribution in [2.24, 2.45) is 0 Å². The molecule has 1 rings (SSSR count). The summed E-state index contributed by atoms with van der Waals surface area (Å²) in [5.41, 5.74) is 0.481. The summed E-state index contributed by atoms with van der Waals surface area (Å²) in [6.45, 7) is 0.877. The quantitative estimate of drug-likeness (QED) is 0.785. The third kappa shape index (κ3) is 5.60. The van der Waals surface area contributed by atoms with Crippen molar-refractivity contribution in [3.63, 3.8) is 0 Å². The molecule has 0 saturated carbocycles. The van der Waals surface area contributed by atoms with Crippen LogP contribution in [0, 0.1) is 5.82 Å². The van der Waals surface area contributed by atoms with Crippen LogP contribution in [0.25, 0.3) is 0 Å². The summed E-state index contributed by atoms with van der Waals surface area (Å²) in [6.07, 6.45) is 2.08. The molecule has 1 aromatic carbocycles. The first kappa shape index (κ1) is 15.1. The fourth-order valence-corrected chi connectivity index (χ4v) is 1.90. The van der Waals surface area contributed by atoms with Gasteiger partial charge < -0.3 is 10.1 Å². The number of hydrogen-bond acceptors (Lipinski definition) is 2. The van der Waals surface area contributed by atoms with Crippen molar-refractivity contribution in [3.8, 4) is 0 Å². The van der Waals surface area contributed by atoms with Crippen molar-refractivity contribution in [1.82, 2.24) is 5.32 Å². The highest BCUT2D eigenvalue weighted by molar-refractivity contribution is 9.10. The molecule has 0 radical (unpaired) electrons. The van der Waals surface area contributed by atoms with Crippen molar-refractivity contribution in [2.75, 3.05) is 13.7 Å². The van der Waals surface area contributed by atoms with Gasteiger partial charge in [0.25, 0.3) is 0 Å². The standard InChI is InChI=1S/C13H17BrFNO2/c1-18-7-3-2-4-13(17)16-9-10-8-11(14)5-6-12(10)15/h5-6,8H,2-4,7,9H2,1H3,(H,16,17). The van der Waals surface area contributed by atoms with Crippen molar-refractivity contribution in [3.05, 3.63) is 34.1 Å². The Morgan fingerprint density at radius 3 is 2.94 bits per heavy atom. The van der Waals surface area contributed by atoms with Gasteiger partial charge in [-0.05, 0) is 31.0 Å². The minimum atomic E-state index is -0.308. The minimum Gasteiger partial charge on any atom is -0.385 e. The van der Waals surface area contributed by atoms with Crippen LogP contribution in [0.4, 0.5) is 4.39 Å². The Kier molecular flexibility index (Phi) is 6.90. The van der Waals surface area contributed by atoms with Crippen molar-refractivity contribution in [2.45, 2.75) is 25.8 Å². The van der Waals surface area contributed by atoms with E-state index in [-0.39, 0.29) is 18.3 Å². The molecule has 0 aliphatic heterocycles. The van der Waals surface area contributed by atoms with Gasteiger partial charge in [0.15, 0.2) is 0 Å². The van der Waals surface area contributed by atoms with Crippen molar-refractivity contribution in [1.29, 1.82) is 0 Å². The van der Waals surface area contributed by atoms with Gasteiger partial charge >= 0.3 is 0 Å². The van der Waals surface area contributed by atoms with E-state index >= 15 is 0 Å². The molecule has 0 aliphatic rings. The third-order valence-electron chi connectivity index (χ3n) is 2.49. The number of unbranched alkanes of at least 4 members (excludes halogenated alkanes) is 1. The van der Waals surface area contributed by atoms with E-state index in [4.69, 9.17) is 4.74 Å². The van der Waals surface area contributed by atoms with Gasteiger partial charge in [-0.3, -0.25) is 4.79 Å². The summed E-state index contributed by atoms with van der Waals surface area (Å²) in [5, 5.41) is 2.70. The van der Waals surface area contributed by atoms with E-state index in [0.717, 1.165) is 17.3 Å². The van der Waals surface area contributed by atoms with Crippen LogP contribution >= 0.6 is 15.9 Å². The van der Waals surface area contributed by atoms with Gasteiger partial charge in [-0.25, -0.2) is 4.39 Å². The molecule has 0 fully saturated rings. The van der Waals surface area contributed by atoms with E-state index in [1.807, 2.05) is 0 Å². The fraction of sp³-hybridized carbons (Fsp3) is 0.462. The Morgan fingerprint density at radius 2 is 2.22 bits per heavy atom. The van der Waals surface area contributed by atoms with Crippen LogP contribution in [0.1, 0.15) is 24.8 Å². The van der Waals surface area contributed by atoms with Gasteiger partial charge in [0.05, 0.1) is 0 Å².